The zero-order valence-corrected chi connectivity index (χ0v) is 15.6. The van der Waals surface area contributed by atoms with E-state index in [9.17, 15) is 4.79 Å². The molecular formula is C22H25N3O. The molecule has 3 rings (SSSR count). The molecule has 4 nitrogen and oxygen atoms in total. The third-order valence-electron chi connectivity index (χ3n) is 4.53. The van der Waals surface area contributed by atoms with Crippen molar-refractivity contribution in [1.29, 1.82) is 0 Å². The van der Waals surface area contributed by atoms with Crippen LogP contribution in [0, 0.1) is 6.92 Å². The topological polar surface area (TPSA) is 46.9 Å². The highest BCUT2D eigenvalue weighted by atomic mass is 16.1. The van der Waals surface area contributed by atoms with E-state index in [1.807, 2.05) is 55.2 Å². The minimum Gasteiger partial charge on any atom is -0.350 e. The monoisotopic (exact) mass is 347 g/mol. The Kier molecular flexibility index (Phi) is 5.52. The number of amides is 1. The molecule has 0 saturated heterocycles. The first-order valence-corrected chi connectivity index (χ1v) is 8.97. The summed E-state index contributed by atoms with van der Waals surface area (Å²) in [5.41, 5.74) is 5.47. The van der Waals surface area contributed by atoms with E-state index in [1.54, 1.807) is 0 Å². The summed E-state index contributed by atoms with van der Waals surface area (Å²) in [5, 5.41) is 7.66. The summed E-state index contributed by atoms with van der Waals surface area (Å²) in [5.74, 6) is 0.0556. The molecule has 0 aliphatic rings. The van der Waals surface area contributed by atoms with Crippen molar-refractivity contribution in [1.82, 2.24) is 15.1 Å². The fraction of sp³-hybridized carbons (Fsp3) is 0.273. The van der Waals surface area contributed by atoms with E-state index >= 15 is 0 Å². The Bertz CT molecular complexity index is 866. The maximum Gasteiger partial charge on any atom is 0.220 e. The number of carbonyl (C=O) groups is 1. The van der Waals surface area contributed by atoms with E-state index in [0.29, 0.717) is 12.8 Å². The zero-order valence-electron chi connectivity index (χ0n) is 15.6. The van der Waals surface area contributed by atoms with Gasteiger partial charge < -0.3 is 5.32 Å². The lowest BCUT2D eigenvalue weighted by Gasteiger charge is -2.14. The molecule has 1 heterocycles. The quantitative estimate of drug-likeness (QED) is 0.726. The molecule has 0 aliphatic carbocycles. The van der Waals surface area contributed by atoms with Crippen molar-refractivity contribution >= 4 is 5.91 Å². The zero-order chi connectivity index (χ0) is 18.5. The van der Waals surface area contributed by atoms with Crippen LogP contribution in [0.3, 0.4) is 0 Å². The normalized spacial score (nSPS) is 12.0. The van der Waals surface area contributed by atoms with E-state index in [1.165, 1.54) is 5.56 Å². The first-order chi connectivity index (χ1) is 12.5. The van der Waals surface area contributed by atoms with Crippen molar-refractivity contribution in [3.8, 4) is 11.3 Å². The lowest BCUT2D eigenvalue weighted by atomic mass is 10.0. The molecule has 1 N–H and O–H groups in total. The van der Waals surface area contributed by atoms with Gasteiger partial charge in [-0.25, -0.2) is 0 Å². The molecule has 4 heteroatoms. The van der Waals surface area contributed by atoms with Crippen LogP contribution in [0.1, 0.15) is 36.1 Å². The SMILES string of the molecule is Cc1ccc(-c2nn(C)cc2CCC(=O)NC(C)c2ccccc2)cc1. The summed E-state index contributed by atoms with van der Waals surface area (Å²) in [7, 11) is 1.92. The van der Waals surface area contributed by atoms with E-state index in [2.05, 4.69) is 41.6 Å². The summed E-state index contributed by atoms with van der Waals surface area (Å²) in [6.07, 6.45) is 3.12. The van der Waals surface area contributed by atoms with E-state index in [0.717, 1.165) is 22.4 Å². The Hall–Kier alpha value is -2.88. The van der Waals surface area contributed by atoms with Crippen molar-refractivity contribution in [2.24, 2.45) is 7.05 Å². The number of nitrogens with one attached hydrogen (secondary N) is 1. The highest BCUT2D eigenvalue weighted by molar-refractivity contribution is 5.77. The Balaban J connectivity index is 1.64. The molecule has 1 amide bonds. The van der Waals surface area contributed by atoms with Gasteiger partial charge in [0.05, 0.1) is 11.7 Å². The number of aromatic nitrogens is 2. The third kappa shape index (κ3) is 4.39. The Morgan fingerprint density at radius 2 is 1.81 bits per heavy atom. The predicted octanol–water partition coefficient (Wildman–Crippen LogP) is 4.21. The van der Waals surface area contributed by atoms with Crippen LogP contribution in [0.2, 0.25) is 0 Å². The number of aryl methyl sites for hydroxylation is 3. The highest BCUT2D eigenvalue weighted by Crippen LogP contribution is 2.23. The van der Waals surface area contributed by atoms with Gasteiger partial charge in [0.2, 0.25) is 5.91 Å². The molecule has 0 fully saturated rings. The molecule has 0 spiro atoms. The number of rotatable bonds is 6. The van der Waals surface area contributed by atoms with Crippen LogP contribution in [0.15, 0.2) is 60.8 Å². The van der Waals surface area contributed by atoms with Gasteiger partial charge in [0, 0.05) is 25.2 Å². The van der Waals surface area contributed by atoms with Crippen LogP contribution >= 0.6 is 0 Å². The lowest BCUT2D eigenvalue weighted by molar-refractivity contribution is -0.121. The summed E-state index contributed by atoms with van der Waals surface area (Å²) in [6.45, 7) is 4.08. The minimum absolute atomic E-state index is 0.00849. The Labute approximate surface area is 154 Å². The van der Waals surface area contributed by atoms with Crippen LogP contribution in [-0.2, 0) is 18.3 Å². The average Bonchev–Trinajstić information content (AvgIpc) is 3.02. The molecule has 0 aliphatic heterocycles. The van der Waals surface area contributed by atoms with Gasteiger partial charge in [-0.1, -0.05) is 60.2 Å². The van der Waals surface area contributed by atoms with Crippen molar-refractivity contribution in [2.75, 3.05) is 0 Å². The molecule has 1 aromatic heterocycles. The molecule has 26 heavy (non-hydrogen) atoms. The lowest BCUT2D eigenvalue weighted by Crippen LogP contribution is -2.26. The van der Waals surface area contributed by atoms with E-state index in [4.69, 9.17) is 0 Å². The summed E-state index contributed by atoms with van der Waals surface area (Å²) < 4.78 is 1.81. The van der Waals surface area contributed by atoms with Gasteiger partial charge in [-0.15, -0.1) is 0 Å². The summed E-state index contributed by atoms with van der Waals surface area (Å²) >= 11 is 0. The van der Waals surface area contributed by atoms with Gasteiger partial charge in [0.15, 0.2) is 0 Å². The molecule has 0 bridgehead atoms. The number of benzene rings is 2. The fourth-order valence-corrected chi connectivity index (χ4v) is 3.06. The van der Waals surface area contributed by atoms with Gasteiger partial charge in [-0.2, -0.15) is 5.10 Å². The fourth-order valence-electron chi connectivity index (χ4n) is 3.06. The molecule has 134 valence electrons. The van der Waals surface area contributed by atoms with Gasteiger partial charge in [-0.3, -0.25) is 9.48 Å². The van der Waals surface area contributed by atoms with Crippen LogP contribution in [0.4, 0.5) is 0 Å². The van der Waals surface area contributed by atoms with Crippen LogP contribution in [0.25, 0.3) is 11.3 Å². The van der Waals surface area contributed by atoms with Gasteiger partial charge >= 0.3 is 0 Å². The van der Waals surface area contributed by atoms with Crippen LogP contribution in [0.5, 0.6) is 0 Å². The van der Waals surface area contributed by atoms with Gasteiger partial charge in [0.25, 0.3) is 0 Å². The van der Waals surface area contributed by atoms with Crippen LogP contribution < -0.4 is 5.32 Å². The molecular weight excluding hydrogens is 322 g/mol. The minimum atomic E-state index is 0.00849. The second kappa shape index (κ2) is 8.00. The number of carbonyl (C=O) groups excluding carboxylic acids is 1. The second-order valence-corrected chi connectivity index (χ2v) is 6.74. The van der Waals surface area contributed by atoms with Crippen molar-refractivity contribution < 1.29 is 4.79 Å². The smallest absolute Gasteiger partial charge is 0.220 e. The number of hydrogen-bond acceptors (Lipinski definition) is 2. The van der Waals surface area contributed by atoms with Crippen molar-refractivity contribution in [3.63, 3.8) is 0 Å². The van der Waals surface area contributed by atoms with E-state index < -0.39 is 0 Å². The highest BCUT2D eigenvalue weighted by Gasteiger charge is 2.13. The van der Waals surface area contributed by atoms with Gasteiger partial charge in [0.1, 0.15) is 0 Å². The largest absolute Gasteiger partial charge is 0.350 e. The average molecular weight is 347 g/mol. The molecule has 0 saturated carbocycles. The molecule has 3 aromatic rings. The second-order valence-electron chi connectivity index (χ2n) is 6.74. The summed E-state index contributed by atoms with van der Waals surface area (Å²) in [4.78, 5) is 12.4. The maximum absolute atomic E-state index is 12.4. The predicted molar refractivity (Wildman–Crippen MR) is 105 cm³/mol. The Morgan fingerprint density at radius 1 is 1.12 bits per heavy atom. The number of nitrogens with zero attached hydrogens (tertiary/aromatic N) is 2. The molecule has 1 atom stereocenters. The summed E-state index contributed by atoms with van der Waals surface area (Å²) in [6, 6.07) is 18.4. The molecule has 2 aromatic carbocycles. The Morgan fingerprint density at radius 3 is 2.50 bits per heavy atom. The maximum atomic E-state index is 12.4. The van der Waals surface area contributed by atoms with E-state index in [-0.39, 0.29) is 11.9 Å². The third-order valence-corrected chi connectivity index (χ3v) is 4.53. The first kappa shape index (κ1) is 17.9. The first-order valence-electron chi connectivity index (χ1n) is 8.97. The molecule has 1 unspecified atom stereocenters. The van der Waals surface area contributed by atoms with Crippen LogP contribution in [-0.4, -0.2) is 15.7 Å². The van der Waals surface area contributed by atoms with Crippen molar-refractivity contribution in [2.45, 2.75) is 32.7 Å². The van der Waals surface area contributed by atoms with Gasteiger partial charge in [-0.05, 0) is 31.4 Å². The number of hydrogen-bond donors (Lipinski definition) is 1. The standard InChI is InChI=1S/C22H25N3O/c1-16-9-11-19(12-10-16)22-20(15-25(3)24-22)13-14-21(26)23-17(2)18-7-5-4-6-8-18/h4-12,15,17H,13-14H2,1-3H3,(H,23,26). The van der Waals surface area contributed by atoms with Crippen molar-refractivity contribution in [3.05, 3.63) is 77.5 Å². The molecule has 0 radical (unpaired) electrons.